The lowest BCUT2D eigenvalue weighted by atomic mass is 10.1. The van der Waals surface area contributed by atoms with Gasteiger partial charge in [-0.1, -0.05) is 12.1 Å². The number of carbonyl (C=O) groups is 1. The van der Waals surface area contributed by atoms with Gasteiger partial charge in [-0.15, -0.1) is 12.6 Å². The summed E-state index contributed by atoms with van der Waals surface area (Å²) in [7, 11) is 0. The van der Waals surface area contributed by atoms with Crippen molar-refractivity contribution in [3.05, 3.63) is 59.4 Å². The maximum absolute atomic E-state index is 13.0. The molecule has 0 spiro atoms. The molecule has 0 aliphatic rings. The lowest BCUT2D eigenvalue weighted by Gasteiger charge is -2.06. The fourth-order valence-electron chi connectivity index (χ4n) is 1.63. The number of hydrogen-bond acceptors (Lipinski definition) is 2. The van der Waals surface area contributed by atoms with Crippen LogP contribution in [0.1, 0.15) is 5.56 Å². The smallest absolute Gasteiger partial charge is 0.228 e. The van der Waals surface area contributed by atoms with Crippen molar-refractivity contribution in [3.63, 3.8) is 0 Å². The van der Waals surface area contributed by atoms with Gasteiger partial charge in [0.05, 0.1) is 6.42 Å². The molecule has 6 heteroatoms. The van der Waals surface area contributed by atoms with Crippen LogP contribution in [0.2, 0.25) is 0 Å². The SMILES string of the molecule is O=C(Cc1ccc(S)cc1)Nc1cc(F)c(F)c(F)c1. The summed E-state index contributed by atoms with van der Waals surface area (Å²) in [4.78, 5) is 12.5. The molecule has 0 heterocycles. The first kappa shape index (κ1) is 14.5. The van der Waals surface area contributed by atoms with E-state index in [2.05, 4.69) is 17.9 Å². The molecule has 1 N–H and O–H groups in total. The predicted molar refractivity (Wildman–Crippen MR) is 72.3 cm³/mol. The van der Waals surface area contributed by atoms with Gasteiger partial charge in [-0.05, 0) is 17.7 Å². The van der Waals surface area contributed by atoms with Crippen molar-refractivity contribution in [1.29, 1.82) is 0 Å². The summed E-state index contributed by atoms with van der Waals surface area (Å²) in [6, 6.07) is 8.34. The number of rotatable bonds is 3. The van der Waals surface area contributed by atoms with Gasteiger partial charge >= 0.3 is 0 Å². The molecule has 1 amide bonds. The third-order valence-corrected chi connectivity index (χ3v) is 2.87. The molecule has 0 saturated heterocycles. The predicted octanol–water partition coefficient (Wildman–Crippen LogP) is 3.57. The minimum absolute atomic E-state index is 0.0364. The molecular formula is C14H10F3NOS. The number of benzene rings is 2. The maximum Gasteiger partial charge on any atom is 0.228 e. The Hall–Kier alpha value is -1.95. The molecule has 0 radical (unpaired) electrons. The van der Waals surface area contributed by atoms with Crippen molar-refractivity contribution in [1.82, 2.24) is 0 Å². The average molecular weight is 297 g/mol. The normalized spacial score (nSPS) is 10.4. The van der Waals surface area contributed by atoms with E-state index in [4.69, 9.17) is 0 Å². The fraction of sp³-hybridized carbons (Fsp3) is 0.0714. The largest absolute Gasteiger partial charge is 0.326 e. The molecule has 2 aromatic rings. The van der Waals surface area contributed by atoms with Gasteiger partial charge in [0.25, 0.3) is 0 Å². The van der Waals surface area contributed by atoms with E-state index in [0.29, 0.717) is 0 Å². The first-order valence-corrected chi connectivity index (χ1v) is 6.13. The van der Waals surface area contributed by atoms with Crippen LogP contribution in [0.4, 0.5) is 18.9 Å². The lowest BCUT2D eigenvalue weighted by Crippen LogP contribution is -2.15. The number of thiol groups is 1. The van der Waals surface area contributed by atoms with Gasteiger partial charge in [-0.3, -0.25) is 4.79 Å². The fourth-order valence-corrected chi connectivity index (χ4v) is 1.78. The molecule has 20 heavy (non-hydrogen) atoms. The van der Waals surface area contributed by atoms with Crippen molar-refractivity contribution in [2.24, 2.45) is 0 Å². The Morgan fingerprint density at radius 3 is 2.15 bits per heavy atom. The summed E-state index contributed by atoms with van der Waals surface area (Å²) in [5.41, 5.74) is 0.598. The quantitative estimate of drug-likeness (QED) is 0.658. The molecule has 2 nitrogen and oxygen atoms in total. The van der Waals surface area contributed by atoms with Crippen LogP contribution in [0, 0.1) is 17.5 Å². The van der Waals surface area contributed by atoms with E-state index in [1.165, 1.54) is 0 Å². The lowest BCUT2D eigenvalue weighted by molar-refractivity contribution is -0.115. The molecule has 0 fully saturated rings. The minimum Gasteiger partial charge on any atom is -0.326 e. The van der Waals surface area contributed by atoms with Crippen molar-refractivity contribution < 1.29 is 18.0 Å². The van der Waals surface area contributed by atoms with E-state index >= 15 is 0 Å². The van der Waals surface area contributed by atoms with Crippen LogP contribution < -0.4 is 5.32 Å². The Kier molecular flexibility index (Phi) is 4.34. The second kappa shape index (κ2) is 6.00. The average Bonchev–Trinajstić information content (AvgIpc) is 2.38. The van der Waals surface area contributed by atoms with E-state index in [1.807, 2.05) is 0 Å². The van der Waals surface area contributed by atoms with Crippen LogP contribution >= 0.6 is 12.6 Å². The zero-order valence-electron chi connectivity index (χ0n) is 10.2. The Bertz CT molecular complexity index is 620. The summed E-state index contributed by atoms with van der Waals surface area (Å²) in [5, 5.41) is 2.31. The number of amides is 1. The van der Waals surface area contributed by atoms with E-state index in [-0.39, 0.29) is 12.1 Å². The molecular weight excluding hydrogens is 287 g/mol. The van der Waals surface area contributed by atoms with Crippen molar-refractivity contribution >= 4 is 24.2 Å². The van der Waals surface area contributed by atoms with Gasteiger partial charge in [0, 0.05) is 22.7 Å². The molecule has 2 rings (SSSR count). The highest BCUT2D eigenvalue weighted by atomic mass is 32.1. The van der Waals surface area contributed by atoms with E-state index in [0.717, 1.165) is 22.6 Å². The van der Waals surface area contributed by atoms with Gasteiger partial charge in [-0.2, -0.15) is 0 Å². The Balaban J connectivity index is 2.06. The Labute approximate surface area is 119 Å². The van der Waals surface area contributed by atoms with Gasteiger partial charge in [0.2, 0.25) is 5.91 Å². The molecule has 0 unspecified atom stereocenters. The van der Waals surface area contributed by atoms with Gasteiger partial charge in [-0.25, -0.2) is 13.2 Å². The summed E-state index contributed by atoms with van der Waals surface area (Å²) < 4.78 is 38.7. The van der Waals surface area contributed by atoms with E-state index < -0.39 is 23.4 Å². The second-order valence-corrected chi connectivity index (χ2v) is 4.66. The molecule has 0 bridgehead atoms. The van der Waals surface area contributed by atoms with Crippen molar-refractivity contribution in [2.75, 3.05) is 5.32 Å². The third kappa shape index (κ3) is 3.54. The summed E-state index contributed by atoms with van der Waals surface area (Å²) in [6.45, 7) is 0. The Morgan fingerprint density at radius 2 is 1.60 bits per heavy atom. The van der Waals surface area contributed by atoms with Gasteiger partial charge < -0.3 is 5.32 Å². The maximum atomic E-state index is 13.0. The molecule has 0 atom stereocenters. The number of anilines is 1. The van der Waals surface area contributed by atoms with Gasteiger partial charge in [0.1, 0.15) is 0 Å². The number of carbonyl (C=O) groups excluding carboxylic acids is 1. The van der Waals surface area contributed by atoms with Crippen LogP contribution in [0.15, 0.2) is 41.3 Å². The summed E-state index contributed by atoms with van der Waals surface area (Å²) in [5.74, 6) is -4.71. The molecule has 104 valence electrons. The van der Waals surface area contributed by atoms with Crippen molar-refractivity contribution in [3.8, 4) is 0 Å². The zero-order chi connectivity index (χ0) is 14.7. The summed E-state index contributed by atoms with van der Waals surface area (Å²) >= 11 is 4.12. The molecule has 0 aliphatic carbocycles. The van der Waals surface area contributed by atoms with Crippen LogP contribution in [0.3, 0.4) is 0 Å². The zero-order valence-corrected chi connectivity index (χ0v) is 11.1. The Morgan fingerprint density at radius 1 is 1.05 bits per heavy atom. The highest BCUT2D eigenvalue weighted by molar-refractivity contribution is 7.80. The third-order valence-electron chi connectivity index (χ3n) is 2.57. The molecule has 0 saturated carbocycles. The molecule has 0 aromatic heterocycles. The molecule has 2 aromatic carbocycles. The monoisotopic (exact) mass is 297 g/mol. The highest BCUT2D eigenvalue weighted by Crippen LogP contribution is 2.17. The van der Waals surface area contributed by atoms with Crippen LogP contribution in [0.25, 0.3) is 0 Å². The first-order valence-electron chi connectivity index (χ1n) is 5.68. The van der Waals surface area contributed by atoms with E-state index in [9.17, 15) is 18.0 Å². The number of hydrogen-bond donors (Lipinski definition) is 2. The topological polar surface area (TPSA) is 29.1 Å². The second-order valence-electron chi connectivity index (χ2n) is 4.15. The first-order chi connectivity index (χ1) is 9.45. The highest BCUT2D eigenvalue weighted by Gasteiger charge is 2.12. The van der Waals surface area contributed by atoms with Crippen LogP contribution in [-0.4, -0.2) is 5.91 Å². The number of nitrogens with one attached hydrogen (secondary N) is 1. The van der Waals surface area contributed by atoms with Crippen LogP contribution in [0.5, 0.6) is 0 Å². The van der Waals surface area contributed by atoms with Crippen LogP contribution in [-0.2, 0) is 11.2 Å². The molecule has 0 aliphatic heterocycles. The van der Waals surface area contributed by atoms with Crippen molar-refractivity contribution in [2.45, 2.75) is 11.3 Å². The standard InChI is InChI=1S/C14H10F3NOS/c15-11-6-9(7-12(16)14(11)17)18-13(19)5-8-1-3-10(20)4-2-8/h1-4,6-7,20H,5H2,(H,18,19). The number of halogens is 3. The van der Waals surface area contributed by atoms with Gasteiger partial charge in [0.15, 0.2) is 17.5 Å². The minimum atomic E-state index is -1.56. The van der Waals surface area contributed by atoms with E-state index in [1.54, 1.807) is 24.3 Å². The summed E-state index contributed by atoms with van der Waals surface area (Å²) in [6.07, 6.45) is 0.0364.